The largest absolute Gasteiger partial charge is 0.508 e. The summed E-state index contributed by atoms with van der Waals surface area (Å²) in [6, 6.07) is 10.9. The Balaban J connectivity index is 1.75. The Bertz CT molecular complexity index is 1650. The SMILES string of the molecule is C[C@@H]1NC(=O)[C@@H](C)CC(CO)=C[C@H](C)C[C@H](C)OC(=O)C[C@H](c2ccc(O)cc2)NC(=O)[C@@H](Cc2c(Br)[nH]c3ccccc23)N(C)C1=O. The third kappa shape index (κ3) is 9.25. The summed E-state index contributed by atoms with van der Waals surface area (Å²) in [7, 11) is 1.52. The van der Waals surface area contributed by atoms with Crippen LogP contribution in [0.25, 0.3) is 10.9 Å². The minimum atomic E-state index is -1.05. The number of amides is 3. The number of para-hydroxylation sites is 1. The van der Waals surface area contributed by atoms with E-state index in [4.69, 9.17) is 4.74 Å². The van der Waals surface area contributed by atoms with Gasteiger partial charge in [-0.2, -0.15) is 0 Å². The molecule has 1 aliphatic rings. The van der Waals surface area contributed by atoms with E-state index in [-0.39, 0.29) is 43.4 Å². The number of nitrogens with one attached hydrogen (secondary N) is 3. The maximum absolute atomic E-state index is 14.3. The number of fused-ring (bicyclic) bond motifs is 1. The van der Waals surface area contributed by atoms with E-state index in [9.17, 15) is 29.4 Å². The summed E-state index contributed by atoms with van der Waals surface area (Å²) in [5, 5.41) is 26.6. The van der Waals surface area contributed by atoms with Crippen molar-refractivity contribution in [3.8, 4) is 5.75 Å². The summed E-state index contributed by atoms with van der Waals surface area (Å²) in [5.41, 5.74) is 2.87. The number of phenolic OH excluding ortho intramolecular Hbond substituents is 1. The van der Waals surface area contributed by atoms with E-state index in [1.807, 2.05) is 37.3 Å². The van der Waals surface area contributed by atoms with Crippen LogP contribution in [0, 0.1) is 11.8 Å². The first-order valence-electron chi connectivity index (χ1n) is 16.2. The molecule has 0 unspecified atom stereocenters. The number of phenols is 1. The minimum Gasteiger partial charge on any atom is -0.508 e. The Morgan fingerprint density at radius 3 is 2.31 bits per heavy atom. The standard InChI is InChI=1S/C36H45BrN4O7/c1-20-14-22(3)48-32(44)18-30(25-10-12-26(43)13-11-25)40-35(46)31(17-28-27-8-6-7-9-29(27)39-33(28)37)41(5)36(47)23(4)38-34(45)21(2)16-24(15-20)19-42/h6-13,15,20-23,30-31,39,42-43H,14,16-19H2,1-5H3,(H,38,45)(H,40,46)/t20-,21+,22+,23+,30-,31-/m1/s1. The van der Waals surface area contributed by atoms with Crippen LogP contribution in [0.5, 0.6) is 5.75 Å². The second-order valence-electron chi connectivity index (χ2n) is 12.8. The molecule has 12 heteroatoms. The molecule has 0 saturated carbocycles. The highest BCUT2D eigenvalue weighted by atomic mass is 79.9. The van der Waals surface area contributed by atoms with Gasteiger partial charge in [-0.3, -0.25) is 19.2 Å². The van der Waals surface area contributed by atoms with E-state index in [0.717, 1.165) is 16.5 Å². The molecule has 4 rings (SSSR count). The average molecular weight is 726 g/mol. The Kier molecular flexibility index (Phi) is 12.4. The highest BCUT2D eigenvalue weighted by molar-refractivity contribution is 9.10. The molecule has 0 spiro atoms. The van der Waals surface area contributed by atoms with E-state index in [1.54, 1.807) is 32.9 Å². The zero-order valence-corrected chi connectivity index (χ0v) is 29.5. The molecule has 0 aliphatic carbocycles. The molecule has 2 heterocycles. The molecule has 0 bridgehead atoms. The molecule has 2 aromatic carbocycles. The van der Waals surface area contributed by atoms with Crippen LogP contribution in [0.3, 0.4) is 0 Å². The van der Waals surface area contributed by atoms with Crippen molar-refractivity contribution in [2.45, 2.75) is 77.6 Å². The van der Waals surface area contributed by atoms with Crippen LogP contribution in [0.4, 0.5) is 0 Å². The van der Waals surface area contributed by atoms with E-state index in [2.05, 4.69) is 31.5 Å². The number of likely N-dealkylation sites (N-methyl/N-ethyl adjacent to an activating group) is 1. The van der Waals surface area contributed by atoms with Gasteiger partial charge < -0.3 is 35.5 Å². The van der Waals surface area contributed by atoms with Crippen LogP contribution < -0.4 is 10.6 Å². The van der Waals surface area contributed by atoms with Crippen LogP contribution in [0.2, 0.25) is 0 Å². The maximum atomic E-state index is 14.3. The van der Waals surface area contributed by atoms with Gasteiger partial charge >= 0.3 is 5.97 Å². The van der Waals surface area contributed by atoms with Crippen molar-refractivity contribution in [1.82, 2.24) is 20.5 Å². The molecule has 6 atom stereocenters. The molecule has 11 nitrogen and oxygen atoms in total. The average Bonchev–Trinajstić information content (AvgIpc) is 3.35. The molecule has 48 heavy (non-hydrogen) atoms. The van der Waals surface area contributed by atoms with Gasteiger partial charge in [0.1, 0.15) is 17.8 Å². The van der Waals surface area contributed by atoms with Gasteiger partial charge in [0.15, 0.2) is 0 Å². The molecule has 5 N–H and O–H groups in total. The second kappa shape index (κ2) is 16.3. The van der Waals surface area contributed by atoms with Gasteiger partial charge in [0.2, 0.25) is 17.7 Å². The van der Waals surface area contributed by atoms with Crippen molar-refractivity contribution in [3.05, 3.63) is 75.9 Å². The predicted octanol–water partition coefficient (Wildman–Crippen LogP) is 4.67. The summed E-state index contributed by atoms with van der Waals surface area (Å²) in [5.74, 6) is -2.47. The van der Waals surface area contributed by atoms with Gasteiger partial charge in [-0.05, 0) is 83.4 Å². The number of carbonyl (C=O) groups is 4. The first kappa shape index (κ1) is 36.7. The number of rotatable bonds is 4. The molecule has 258 valence electrons. The third-order valence-electron chi connectivity index (χ3n) is 8.76. The van der Waals surface area contributed by atoms with Crippen molar-refractivity contribution >= 4 is 50.5 Å². The molecular formula is C36H45BrN4O7. The van der Waals surface area contributed by atoms with E-state index >= 15 is 0 Å². The quantitative estimate of drug-likeness (QED) is 0.193. The highest BCUT2D eigenvalue weighted by Crippen LogP contribution is 2.29. The van der Waals surface area contributed by atoms with Crippen LogP contribution in [0.1, 0.15) is 64.1 Å². The number of hydrogen-bond donors (Lipinski definition) is 5. The number of aliphatic hydroxyl groups excluding tert-OH is 1. The number of cyclic esters (lactones) is 1. The number of benzene rings is 2. The second-order valence-corrected chi connectivity index (χ2v) is 13.6. The lowest BCUT2D eigenvalue weighted by Crippen LogP contribution is -2.55. The fourth-order valence-electron chi connectivity index (χ4n) is 6.22. The van der Waals surface area contributed by atoms with Crippen LogP contribution in [0.15, 0.2) is 64.8 Å². The van der Waals surface area contributed by atoms with E-state index in [1.165, 1.54) is 24.1 Å². The van der Waals surface area contributed by atoms with Gasteiger partial charge in [-0.1, -0.05) is 50.3 Å². The van der Waals surface area contributed by atoms with Crippen LogP contribution >= 0.6 is 15.9 Å². The number of aliphatic hydroxyl groups is 1. The van der Waals surface area contributed by atoms with Gasteiger partial charge in [-0.25, -0.2) is 0 Å². The Hall–Kier alpha value is -4.16. The van der Waals surface area contributed by atoms with E-state index in [0.29, 0.717) is 22.2 Å². The molecule has 3 aromatic rings. The monoisotopic (exact) mass is 724 g/mol. The number of carbonyl (C=O) groups excluding carboxylic acids is 4. The number of aromatic hydroxyl groups is 1. The number of ether oxygens (including phenoxy) is 1. The number of H-pyrrole nitrogens is 1. The molecule has 1 aliphatic heterocycles. The lowest BCUT2D eigenvalue weighted by molar-refractivity contribution is -0.149. The normalized spacial score (nSPS) is 25.7. The van der Waals surface area contributed by atoms with Crippen molar-refractivity contribution in [2.75, 3.05) is 13.7 Å². The Labute approximate surface area is 289 Å². The first-order valence-corrected chi connectivity index (χ1v) is 17.0. The van der Waals surface area contributed by atoms with Crippen molar-refractivity contribution in [2.24, 2.45) is 11.8 Å². The first-order chi connectivity index (χ1) is 22.8. The topological polar surface area (TPSA) is 161 Å². The number of esters is 1. The van der Waals surface area contributed by atoms with Crippen molar-refractivity contribution in [1.29, 1.82) is 0 Å². The number of allylic oxidation sites excluding steroid dienone is 1. The summed E-state index contributed by atoms with van der Waals surface area (Å²) in [4.78, 5) is 59.2. The summed E-state index contributed by atoms with van der Waals surface area (Å²) in [6.45, 7) is 6.79. The van der Waals surface area contributed by atoms with E-state index < -0.39 is 47.9 Å². The molecule has 3 amide bonds. The summed E-state index contributed by atoms with van der Waals surface area (Å²) >= 11 is 3.59. The zero-order chi connectivity index (χ0) is 35.1. The lowest BCUT2D eigenvalue weighted by Gasteiger charge is -2.31. The fourth-order valence-corrected chi connectivity index (χ4v) is 6.81. The molecule has 0 saturated heterocycles. The van der Waals surface area contributed by atoms with Crippen molar-refractivity contribution in [3.63, 3.8) is 0 Å². The molecule has 1 aromatic heterocycles. The molecule has 0 radical (unpaired) electrons. The van der Waals surface area contributed by atoms with Gasteiger partial charge in [0, 0.05) is 30.3 Å². The Morgan fingerprint density at radius 1 is 0.938 bits per heavy atom. The summed E-state index contributed by atoms with van der Waals surface area (Å²) < 4.78 is 6.43. The fraction of sp³-hybridized carbons (Fsp3) is 0.444. The third-order valence-corrected chi connectivity index (χ3v) is 9.44. The number of aromatic nitrogens is 1. The van der Waals surface area contributed by atoms with Crippen LogP contribution in [-0.4, -0.2) is 75.6 Å². The maximum Gasteiger partial charge on any atom is 0.308 e. The number of hydrogen-bond acceptors (Lipinski definition) is 7. The summed E-state index contributed by atoms with van der Waals surface area (Å²) in [6.07, 6.45) is 2.09. The van der Waals surface area contributed by atoms with Gasteiger partial charge in [0.25, 0.3) is 0 Å². The minimum absolute atomic E-state index is 0.0272. The predicted molar refractivity (Wildman–Crippen MR) is 186 cm³/mol. The van der Waals surface area contributed by atoms with Crippen LogP contribution in [-0.2, 0) is 30.3 Å². The molecular weight excluding hydrogens is 680 g/mol. The zero-order valence-electron chi connectivity index (χ0n) is 28.0. The smallest absolute Gasteiger partial charge is 0.308 e. The highest BCUT2D eigenvalue weighted by Gasteiger charge is 2.34. The Morgan fingerprint density at radius 2 is 1.62 bits per heavy atom. The van der Waals surface area contributed by atoms with Crippen molar-refractivity contribution < 1.29 is 34.1 Å². The van der Waals surface area contributed by atoms with Gasteiger partial charge in [-0.15, -0.1) is 0 Å². The lowest BCUT2D eigenvalue weighted by atomic mass is 9.95. The van der Waals surface area contributed by atoms with Gasteiger partial charge in [0.05, 0.1) is 29.8 Å². The number of halogens is 1. The number of aromatic amines is 1. The number of nitrogens with zero attached hydrogens (tertiary/aromatic N) is 1. The molecule has 0 fully saturated rings.